The quantitative estimate of drug-likeness (QED) is 0.646. The van der Waals surface area contributed by atoms with Crippen molar-refractivity contribution in [1.82, 2.24) is 19.1 Å². The van der Waals surface area contributed by atoms with E-state index in [1.54, 1.807) is 27.9 Å². The Labute approximate surface area is 143 Å². The van der Waals surface area contributed by atoms with Gasteiger partial charge in [0.25, 0.3) is 5.56 Å². The number of carbonyl (C=O) groups excluding carboxylic acids is 1. The van der Waals surface area contributed by atoms with Gasteiger partial charge >= 0.3 is 0 Å². The highest BCUT2D eigenvalue weighted by molar-refractivity contribution is 7.89. The lowest BCUT2D eigenvalue weighted by molar-refractivity contribution is -0.130. The van der Waals surface area contributed by atoms with Gasteiger partial charge < -0.3 is 14.8 Å². The molecule has 0 saturated carbocycles. The SMILES string of the molecule is CCN(CC)S(=O)(=O)c1ccc(=O)n(CC(=O)N(C)CCNC)c1. The second-order valence-electron chi connectivity index (χ2n) is 5.34. The molecule has 1 aromatic rings. The van der Waals surface area contributed by atoms with E-state index in [-0.39, 0.29) is 17.3 Å². The zero-order chi connectivity index (χ0) is 18.3. The lowest BCUT2D eigenvalue weighted by Gasteiger charge is -2.20. The predicted molar refractivity (Wildman–Crippen MR) is 92.4 cm³/mol. The van der Waals surface area contributed by atoms with E-state index in [9.17, 15) is 18.0 Å². The molecule has 0 atom stereocenters. The molecule has 24 heavy (non-hydrogen) atoms. The third kappa shape index (κ3) is 4.89. The minimum absolute atomic E-state index is 0.0106. The summed E-state index contributed by atoms with van der Waals surface area (Å²) in [4.78, 5) is 25.6. The van der Waals surface area contributed by atoms with E-state index >= 15 is 0 Å². The van der Waals surface area contributed by atoms with Crippen LogP contribution in [0.15, 0.2) is 28.0 Å². The Morgan fingerprint density at radius 3 is 2.42 bits per heavy atom. The summed E-state index contributed by atoms with van der Waals surface area (Å²) in [6.45, 7) is 5.11. The second kappa shape index (κ2) is 8.95. The summed E-state index contributed by atoms with van der Waals surface area (Å²) in [7, 11) is -0.250. The van der Waals surface area contributed by atoms with Crippen molar-refractivity contribution in [3.05, 3.63) is 28.7 Å². The van der Waals surface area contributed by atoms with Crippen LogP contribution in [0.1, 0.15) is 13.8 Å². The van der Waals surface area contributed by atoms with Crippen molar-refractivity contribution in [2.24, 2.45) is 0 Å². The Kier molecular flexibility index (Phi) is 7.59. The molecule has 0 saturated heterocycles. The Hall–Kier alpha value is -1.71. The van der Waals surface area contributed by atoms with Gasteiger partial charge in [0.1, 0.15) is 6.54 Å². The molecule has 1 N–H and O–H groups in total. The average molecular weight is 358 g/mol. The molecule has 0 aliphatic carbocycles. The van der Waals surface area contributed by atoms with E-state index in [4.69, 9.17) is 0 Å². The number of hydrogen-bond donors (Lipinski definition) is 1. The van der Waals surface area contributed by atoms with Crippen LogP contribution in [0.2, 0.25) is 0 Å². The van der Waals surface area contributed by atoms with E-state index in [0.29, 0.717) is 26.2 Å². The largest absolute Gasteiger partial charge is 0.343 e. The maximum Gasteiger partial charge on any atom is 0.251 e. The molecule has 0 aromatic carbocycles. The number of sulfonamides is 1. The number of carbonyl (C=O) groups is 1. The highest BCUT2D eigenvalue weighted by Crippen LogP contribution is 2.13. The first-order valence-electron chi connectivity index (χ1n) is 7.87. The van der Waals surface area contributed by atoms with E-state index in [1.807, 2.05) is 0 Å². The number of nitrogens with zero attached hydrogens (tertiary/aromatic N) is 3. The maximum absolute atomic E-state index is 12.5. The zero-order valence-corrected chi connectivity index (χ0v) is 15.5. The molecule has 0 fully saturated rings. The molecule has 0 unspecified atom stereocenters. The Bertz CT molecular complexity index is 710. The Balaban J connectivity index is 3.07. The molecular weight excluding hydrogens is 332 g/mol. The minimum Gasteiger partial charge on any atom is -0.343 e. The van der Waals surface area contributed by atoms with Crippen LogP contribution < -0.4 is 10.9 Å². The molecule has 1 rings (SSSR count). The van der Waals surface area contributed by atoms with Crippen LogP contribution in [0.5, 0.6) is 0 Å². The molecular formula is C15H26N4O4S. The van der Waals surface area contributed by atoms with Crippen LogP contribution >= 0.6 is 0 Å². The van der Waals surface area contributed by atoms with E-state index in [0.717, 1.165) is 4.57 Å². The first-order valence-corrected chi connectivity index (χ1v) is 9.31. The van der Waals surface area contributed by atoms with Crippen LogP contribution in [0.4, 0.5) is 0 Å². The summed E-state index contributed by atoms with van der Waals surface area (Å²) < 4.78 is 27.5. The normalized spacial score (nSPS) is 11.7. The van der Waals surface area contributed by atoms with Crippen molar-refractivity contribution in [3.63, 3.8) is 0 Å². The number of rotatable bonds is 9. The first-order chi connectivity index (χ1) is 11.3. The number of amides is 1. The Morgan fingerprint density at radius 1 is 1.25 bits per heavy atom. The monoisotopic (exact) mass is 358 g/mol. The van der Waals surface area contributed by atoms with Crippen LogP contribution in [-0.4, -0.2) is 68.4 Å². The van der Waals surface area contributed by atoms with Crippen molar-refractivity contribution in [3.8, 4) is 0 Å². The molecule has 136 valence electrons. The number of likely N-dealkylation sites (N-methyl/N-ethyl adjacent to an activating group) is 2. The van der Waals surface area contributed by atoms with Gasteiger partial charge in [0.2, 0.25) is 15.9 Å². The van der Waals surface area contributed by atoms with Gasteiger partial charge in [0.05, 0.1) is 4.90 Å². The van der Waals surface area contributed by atoms with E-state index < -0.39 is 15.6 Å². The molecule has 0 radical (unpaired) electrons. The van der Waals surface area contributed by atoms with E-state index in [1.165, 1.54) is 27.5 Å². The van der Waals surface area contributed by atoms with Crippen LogP contribution in [0, 0.1) is 0 Å². The first kappa shape index (κ1) is 20.3. The predicted octanol–water partition coefficient (Wildman–Crippen LogP) is -0.443. The molecule has 8 nitrogen and oxygen atoms in total. The minimum atomic E-state index is -3.67. The third-order valence-corrected chi connectivity index (χ3v) is 5.76. The smallest absolute Gasteiger partial charge is 0.251 e. The standard InChI is InChI=1S/C15H26N4O4S/c1-5-19(6-2)24(22,23)13-7-8-14(20)18(11-13)12-15(21)17(4)10-9-16-3/h7-8,11,16H,5-6,9-10,12H2,1-4H3. The van der Waals surface area contributed by atoms with Gasteiger partial charge in [0, 0.05) is 45.5 Å². The topological polar surface area (TPSA) is 91.7 Å². The fourth-order valence-electron chi connectivity index (χ4n) is 2.17. The van der Waals surface area contributed by atoms with Gasteiger partial charge in [-0.05, 0) is 13.1 Å². The maximum atomic E-state index is 12.5. The van der Waals surface area contributed by atoms with Crippen molar-refractivity contribution >= 4 is 15.9 Å². The summed E-state index contributed by atoms with van der Waals surface area (Å²) in [6.07, 6.45) is 1.24. The molecule has 0 spiro atoms. The summed E-state index contributed by atoms with van der Waals surface area (Å²) in [5.74, 6) is -0.260. The summed E-state index contributed by atoms with van der Waals surface area (Å²) in [5.41, 5.74) is -0.413. The molecule has 0 aliphatic rings. The zero-order valence-electron chi connectivity index (χ0n) is 14.7. The summed E-state index contributed by atoms with van der Waals surface area (Å²) in [5, 5.41) is 2.94. The highest BCUT2D eigenvalue weighted by Gasteiger charge is 2.22. The molecule has 0 aliphatic heterocycles. The lowest BCUT2D eigenvalue weighted by Crippen LogP contribution is -2.37. The fraction of sp³-hybridized carbons (Fsp3) is 0.600. The fourth-order valence-corrected chi connectivity index (χ4v) is 3.65. The highest BCUT2D eigenvalue weighted by atomic mass is 32.2. The van der Waals surface area contributed by atoms with Crippen LogP contribution in [-0.2, 0) is 21.4 Å². The van der Waals surface area contributed by atoms with Crippen molar-refractivity contribution in [1.29, 1.82) is 0 Å². The average Bonchev–Trinajstić information content (AvgIpc) is 2.55. The third-order valence-electron chi connectivity index (χ3n) is 3.73. The molecule has 0 bridgehead atoms. The number of pyridine rings is 1. The molecule has 9 heteroatoms. The number of aromatic nitrogens is 1. The summed E-state index contributed by atoms with van der Waals surface area (Å²) in [6, 6.07) is 2.46. The van der Waals surface area contributed by atoms with Gasteiger partial charge in [-0.2, -0.15) is 4.31 Å². The van der Waals surface area contributed by atoms with Crippen molar-refractivity contribution in [2.45, 2.75) is 25.3 Å². The van der Waals surface area contributed by atoms with E-state index in [2.05, 4.69) is 5.32 Å². The van der Waals surface area contributed by atoms with Gasteiger partial charge in [0.15, 0.2) is 0 Å². The Morgan fingerprint density at radius 2 is 1.88 bits per heavy atom. The summed E-state index contributed by atoms with van der Waals surface area (Å²) >= 11 is 0. The van der Waals surface area contributed by atoms with Crippen molar-refractivity contribution in [2.75, 3.05) is 40.3 Å². The number of hydrogen-bond acceptors (Lipinski definition) is 5. The molecule has 1 aromatic heterocycles. The molecule has 1 heterocycles. The van der Waals surface area contributed by atoms with Crippen LogP contribution in [0.25, 0.3) is 0 Å². The van der Waals surface area contributed by atoms with Gasteiger partial charge in [-0.15, -0.1) is 0 Å². The van der Waals surface area contributed by atoms with Gasteiger partial charge in [-0.25, -0.2) is 8.42 Å². The van der Waals surface area contributed by atoms with Crippen LogP contribution in [0.3, 0.4) is 0 Å². The number of nitrogens with one attached hydrogen (secondary N) is 1. The van der Waals surface area contributed by atoms with Gasteiger partial charge in [-0.1, -0.05) is 13.8 Å². The van der Waals surface area contributed by atoms with Gasteiger partial charge in [-0.3, -0.25) is 9.59 Å². The lowest BCUT2D eigenvalue weighted by atomic mass is 10.4. The second-order valence-corrected chi connectivity index (χ2v) is 7.28. The molecule has 1 amide bonds. The van der Waals surface area contributed by atoms with Crippen molar-refractivity contribution < 1.29 is 13.2 Å².